The zero-order chi connectivity index (χ0) is 22.7. The van der Waals surface area contributed by atoms with E-state index in [2.05, 4.69) is 0 Å². The van der Waals surface area contributed by atoms with Crippen LogP contribution in [0.1, 0.15) is 62.9 Å². The lowest BCUT2D eigenvalue weighted by Crippen LogP contribution is -2.37. The van der Waals surface area contributed by atoms with Gasteiger partial charge < -0.3 is 19.6 Å². The molecule has 0 unspecified atom stereocenters. The number of esters is 2. The van der Waals surface area contributed by atoms with E-state index in [4.69, 9.17) is 19.6 Å². The van der Waals surface area contributed by atoms with Gasteiger partial charge in [-0.3, -0.25) is 24.0 Å². The molecule has 9 heteroatoms. The van der Waals surface area contributed by atoms with E-state index >= 15 is 0 Å². The van der Waals surface area contributed by atoms with Crippen LogP contribution in [0.3, 0.4) is 0 Å². The Balaban J connectivity index is 1.56. The normalized spacial score (nSPS) is 13.4. The van der Waals surface area contributed by atoms with Gasteiger partial charge in [-0.15, -0.1) is 0 Å². The average molecular weight is 427 g/mol. The molecule has 2 N–H and O–H groups in total. The minimum absolute atomic E-state index is 0.0196. The first-order chi connectivity index (χ1) is 14.7. The van der Waals surface area contributed by atoms with Gasteiger partial charge in [0, 0.05) is 11.1 Å². The molecule has 0 bridgehead atoms. The molecule has 0 saturated heterocycles. The molecule has 1 aliphatic carbocycles. The van der Waals surface area contributed by atoms with Crippen LogP contribution < -0.4 is 5.73 Å². The largest absolute Gasteiger partial charge is 0.462 e. The molecule has 1 aromatic carbocycles. The number of benzene rings is 1. The first-order valence-corrected chi connectivity index (χ1v) is 9.64. The molecule has 0 aliphatic heterocycles. The van der Waals surface area contributed by atoms with E-state index in [9.17, 15) is 24.0 Å². The number of hydrogen-bond acceptors (Lipinski definition) is 9. The van der Waals surface area contributed by atoms with Crippen LogP contribution in [-0.2, 0) is 19.1 Å². The highest BCUT2D eigenvalue weighted by molar-refractivity contribution is 6.28. The molecule has 3 rings (SSSR count). The second kappa shape index (κ2) is 9.05. The number of hydrogen-bond donors (Lipinski definition) is 1. The Morgan fingerprint density at radius 2 is 1.58 bits per heavy atom. The molecule has 1 aromatic heterocycles. The van der Waals surface area contributed by atoms with Crippen molar-refractivity contribution in [3.63, 3.8) is 0 Å². The molecule has 162 valence electrons. The highest BCUT2D eigenvalue weighted by Crippen LogP contribution is 2.30. The average Bonchev–Trinajstić information content (AvgIpc) is 3.20. The van der Waals surface area contributed by atoms with Crippen molar-refractivity contribution in [3.05, 3.63) is 58.5 Å². The van der Waals surface area contributed by atoms with Gasteiger partial charge in [0.2, 0.25) is 11.6 Å². The summed E-state index contributed by atoms with van der Waals surface area (Å²) in [5.41, 5.74) is 6.04. The second-order valence-electron chi connectivity index (χ2n) is 7.32. The SMILES string of the molecule is CC(C)[C@H](N)C(=O)OCCOC(=O)CC(=O)c1cc2c(o1)C(=O)c1ccccc1C2=O. The minimum atomic E-state index is -0.871. The molecule has 0 radical (unpaired) electrons. The topological polar surface area (TPSA) is 143 Å². The molecule has 2 aromatic rings. The molecule has 0 amide bonds. The smallest absolute Gasteiger partial charge is 0.323 e. The number of ketones is 3. The van der Waals surface area contributed by atoms with E-state index in [1.54, 1.807) is 26.0 Å². The number of ether oxygens (including phenoxy) is 2. The maximum atomic E-state index is 12.6. The van der Waals surface area contributed by atoms with Gasteiger partial charge in [0.05, 0.1) is 5.56 Å². The fourth-order valence-corrected chi connectivity index (χ4v) is 2.95. The van der Waals surface area contributed by atoms with Crippen molar-refractivity contribution in [3.8, 4) is 0 Å². The van der Waals surface area contributed by atoms with Crippen molar-refractivity contribution in [1.82, 2.24) is 0 Å². The minimum Gasteiger partial charge on any atom is -0.462 e. The summed E-state index contributed by atoms with van der Waals surface area (Å²) in [5, 5.41) is 0. The molecular weight excluding hydrogens is 406 g/mol. The van der Waals surface area contributed by atoms with E-state index in [-0.39, 0.29) is 47.3 Å². The Morgan fingerprint density at radius 3 is 2.23 bits per heavy atom. The number of fused-ring (bicyclic) bond motifs is 2. The highest BCUT2D eigenvalue weighted by Gasteiger charge is 2.34. The van der Waals surface area contributed by atoms with E-state index in [0.29, 0.717) is 0 Å². The standard InChI is InChI=1S/C22H21NO8/c1-11(2)18(23)22(28)30-8-7-29-17(25)10-15(24)16-9-14-19(26)12-5-3-4-6-13(12)20(27)21(14)31-16/h3-6,9,11,18H,7-8,10,23H2,1-2H3/t18-/m0/s1. The summed E-state index contributed by atoms with van der Waals surface area (Å²) in [7, 11) is 0. The zero-order valence-electron chi connectivity index (χ0n) is 17.0. The summed E-state index contributed by atoms with van der Waals surface area (Å²) in [4.78, 5) is 60.9. The molecule has 0 fully saturated rings. The van der Waals surface area contributed by atoms with Crippen LogP contribution in [0.25, 0.3) is 0 Å². The van der Waals surface area contributed by atoms with Crippen LogP contribution in [0.4, 0.5) is 0 Å². The Labute approximate surface area is 177 Å². The van der Waals surface area contributed by atoms with Gasteiger partial charge in [-0.05, 0) is 12.0 Å². The van der Waals surface area contributed by atoms with Gasteiger partial charge in [-0.1, -0.05) is 38.1 Å². The fourth-order valence-electron chi connectivity index (χ4n) is 2.95. The molecule has 0 spiro atoms. The summed E-state index contributed by atoms with van der Waals surface area (Å²) in [6, 6.07) is 6.65. The monoisotopic (exact) mass is 427 g/mol. The van der Waals surface area contributed by atoms with Crippen LogP contribution in [0.15, 0.2) is 34.7 Å². The molecule has 1 heterocycles. The van der Waals surface area contributed by atoms with Gasteiger partial charge in [0.25, 0.3) is 0 Å². The first kappa shape index (κ1) is 22.1. The van der Waals surface area contributed by atoms with Gasteiger partial charge in [-0.2, -0.15) is 0 Å². The number of carbonyl (C=O) groups excluding carboxylic acids is 5. The first-order valence-electron chi connectivity index (χ1n) is 9.64. The van der Waals surface area contributed by atoms with Gasteiger partial charge in [-0.25, -0.2) is 0 Å². The molecule has 1 atom stereocenters. The number of carbonyl (C=O) groups is 5. The van der Waals surface area contributed by atoms with Gasteiger partial charge in [0.1, 0.15) is 25.7 Å². The van der Waals surface area contributed by atoms with Crippen molar-refractivity contribution in [2.45, 2.75) is 26.3 Å². The summed E-state index contributed by atoms with van der Waals surface area (Å²) in [6.45, 7) is 3.09. The third-order valence-corrected chi connectivity index (χ3v) is 4.76. The molecule has 1 aliphatic rings. The van der Waals surface area contributed by atoms with Crippen molar-refractivity contribution in [2.24, 2.45) is 11.7 Å². The Hall–Kier alpha value is -3.59. The van der Waals surface area contributed by atoms with E-state index in [0.717, 1.165) is 6.07 Å². The maximum Gasteiger partial charge on any atom is 0.323 e. The zero-order valence-corrected chi connectivity index (χ0v) is 17.0. The molecule has 0 saturated carbocycles. The lowest BCUT2D eigenvalue weighted by molar-refractivity contribution is -0.153. The third kappa shape index (κ3) is 4.61. The van der Waals surface area contributed by atoms with Crippen molar-refractivity contribution >= 4 is 29.3 Å². The second-order valence-corrected chi connectivity index (χ2v) is 7.32. The maximum absolute atomic E-state index is 12.6. The van der Waals surface area contributed by atoms with Crippen molar-refractivity contribution < 1.29 is 37.9 Å². The molecular formula is C22H21NO8. The number of Topliss-reactive ketones (excluding diaryl/α,β-unsaturated/α-hetero) is 1. The van der Waals surface area contributed by atoms with Crippen molar-refractivity contribution in [2.75, 3.05) is 13.2 Å². The van der Waals surface area contributed by atoms with E-state index in [1.807, 2.05) is 0 Å². The van der Waals surface area contributed by atoms with E-state index in [1.165, 1.54) is 12.1 Å². The lowest BCUT2D eigenvalue weighted by atomic mass is 9.88. The number of rotatable bonds is 8. The van der Waals surface area contributed by atoms with Gasteiger partial charge >= 0.3 is 11.9 Å². The van der Waals surface area contributed by atoms with Crippen LogP contribution in [0.5, 0.6) is 0 Å². The fraction of sp³-hybridized carbons (Fsp3) is 0.318. The number of nitrogens with two attached hydrogens (primary N) is 1. The van der Waals surface area contributed by atoms with Crippen molar-refractivity contribution in [1.29, 1.82) is 0 Å². The van der Waals surface area contributed by atoms with Gasteiger partial charge in [0.15, 0.2) is 17.3 Å². The Morgan fingerprint density at radius 1 is 0.968 bits per heavy atom. The van der Waals surface area contributed by atoms with Crippen LogP contribution in [0, 0.1) is 5.92 Å². The lowest BCUT2D eigenvalue weighted by Gasteiger charge is -2.14. The highest BCUT2D eigenvalue weighted by atomic mass is 16.6. The summed E-state index contributed by atoms with van der Waals surface area (Å²) in [6.07, 6.45) is -0.665. The van der Waals surface area contributed by atoms with Crippen LogP contribution in [0.2, 0.25) is 0 Å². The quantitative estimate of drug-likeness (QED) is 0.246. The predicted molar refractivity (Wildman–Crippen MR) is 106 cm³/mol. The molecule has 31 heavy (non-hydrogen) atoms. The Kier molecular flexibility index (Phi) is 6.45. The number of furan rings is 1. The van der Waals surface area contributed by atoms with Crippen LogP contribution in [-0.4, -0.2) is 48.5 Å². The molecule has 9 nitrogen and oxygen atoms in total. The summed E-state index contributed by atoms with van der Waals surface area (Å²) in [5.74, 6) is -3.78. The van der Waals surface area contributed by atoms with Crippen LogP contribution >= 0.6 is 0 Å². The summed E-state index contributed by atoms with van der Waals surface area (Å²) < 4.78 is 15.1. The third-order valence-electron chi connectivity index (χ3n) is 4.76. The summed E-state index contributed by atoms with van der Waals surface area (Å²) >= 11 is 0. The Bertz CT molecular complexity index is 1010. The predicted octanol–water partition coefficient (Wildman–Crippen LogP) is 1.70. The van der Waals surface area contributed by atoms with E-state index < -0.39 is 41.8 Å².